The van der Waals surface area contributed by atoms with Gasteiger partial charge in [0.05, 0.1) is 25.2 Å². The van der Waals surface area contributed by atoms with Crippen LogP contribution in [0.4, 0.5) is 0 Å². The molecule has 0 aromatic heterocycles. The summed E-state index contributed by atoms with van der Waals surface area (Å²) in [5.41, 5.74) is 0. The number of aliphatic hydroxyl groups excluding tert-OH is 2. The molecule has 0 saturated carbocycles. The van der Waals surface area contributed by atoms with Crippen LogP contribution in [-0.4, -0.2) is 46.9 Å². The van der Waals surface area contributed by atoms with Gasteiger partial charge in [-0.25, -0.2) is 0 Å². The Bertz CT molecular complexity index is 993. The van der Waals surface area contributed by atoms with E-state index in [0.29, 0.717) is 19.3 Å². The highest BCUT2D eigenvalue weighted by atomic mass is 16.5. The monoisotopic (exact) mass is 844 g/mol. The zero-order valence-electron chi connectivity index (χ0n) is 40.1. The summed E-state index contributed by atoms with van der Waals surface area (Å²) >= 11 is 0. The van der Waals surface area contributed by atoms with Gasteiger partial charge in [-0.05, 0) is 57.8 Å². The van der Waals surface area contributed by atoms with Gasteiger partial charge in [-0.1, -0.05) is 237 Å². The second-order valence-electron chi connectivity index (χ2n) is 17.9. The van der Waals surface area contributed by atoms with Gasteiger partial charge in [0.1, 0.15) is 6.10 Å². The Hall–Kier alpha value is -1.92. The number of hydrogen-bond donors (Lipinski definition) is 3. The molecule has 3 unspecified atom stereocenters. The molecule has 0 aliphatic carbocycles. The lowest BCUT2D eigenvalue weighted by Crippen LogP contribution is -2.46. The van der Waals surface area contributed by atoms with E-state index in [4.69, 9.17) is 4.74 Å². The van der Waals surface area contributed by atoms with Crippen LogP contribution in [0, 0.1) is 0 Å². The fraction of sp³-hybridized carbons (Fsp3) is 0.852. The SMILES string of the molecule is CC/C=C/C/C=C/C/C=C/CCCCCCC(=O)OC(CCCCCCCCCCCCCC)CC(=O)NC(CO)C(O)CCCCCCCCCCCCCCCCC. The predicted octanol–water partition coefficient (Wildman–Crippen LogP) is 15.7. The highest BCUT2D eigenvalue weighted by Gasteiger charge is 2.24. The second kappa shape index (κ2) is 48.1. The number of rotatable bonds is 47. The topological polar surface area (TPSA) is 95.9 Å². The Balaban J connectivity index is 4.54. The number of aliphatic hydroxyl groups is 2. The van der Waals surface area contributed by atoms with Crippen LogP contribution in [0.3, 0.4) is 0 Å². The average molecular weight is 844 g/mol. The summed E-state index contributed by atoms with van der Waals surface area (Å²) in [5.74, 6) is -0.489. The highest BCUT2D eigenvalue weighted by molar-refractivity contribution is 5.77. The van der Waals surface area contributed by atoms with Crippen molar-refractivity contribution in [3.8, 4) is 0 Å². The number of nitrogens with one attached hydrogen (secondary N) is 1. The van der Waals surface area contributed by atoms with Crippen molar-refractivity contribution in [2.24, 2.45) is 0 Å². The Morgan fingerprint density at radius 3 is 1.37 bits per heavy atom. The molecule has 0 aliphatic rings. The maximum atomic E-state index is 13.2. The fourth-order valence-corrected chi connectivity index (χ4v) is 8.03. The van der Waals surface area contributed by atoms with E-state index >= 15 is 0 Å². The molecule has 0 bridgehead atoms. The van der Waals surface area contributed by atoms with Crippen LogP contribution in [0.5, 0.6) is 0 Å². The maximum absolute atomic E-state index is 13.2. The Morgan fingerprint density at radius 2 is 0.900 bits per heavy atom. The van der Waals surface area contributed by atoms with Crippen LogP contribution < -0.4 is 5.32 Å². The third-order valence-electron chi connectivity index (χ3n) is 12.0. The van der Waals surface area contributed by atoms with Crippen LogP contribution in [-0.2, 0) is 14.3 Å². The lowest BCUT2D eigenvalue weighted by molar-refractivity contribution is -0.151. The molecule has 352 valence electrons. The van der Waals surface area contributed by atoms with Crippen molar-refractivity contribution in [2.75, 3.05) is 6.61 Å². The summed E-state index contributed by atoms with van der Waals surface area (Å²) in [7, 11) is 0. The molecule has 1 amide bonds. The van der Waals surface area contributed by atoms with Gasteiger partial charge in [-0.3, -0.25) is 9.59 Å². The molecule has 0 saturated heterocycles. The molecule has 0 fully saturated rings. The first-order valence-corrected chi connectivity index (χ1v) is 26.2. The number of allylic oxidation sites excluding steroid dienone is 6. The number of carbonyl (C=O) groups excluding carboxylic acids is 2. The van der Waals surface area contributed by atoms with Crippen molar-refractivity contribution in [2.45, 2.75) is 289 Å². The fourth-order valence-electron chi connectivity index (χ4n) is 8.03. The predicted molar refractivity (Wildman–Crippen MR) is 259 cm³/mol. The van der Waals surface area contributed by atoms with E-state index in [-0.39, 0.29) is 24.9 Å². The van der Waals surface area contributed by atoms with E-state index in [0.717, 1.165) is 77.0 Å². The minimum Gasteiger partial charge on any atom is -0.462 e. The number of esters is 1. The quantitative estimate of drug-likeness (QED) is 0.0322. The summed E-state index contributed by atoms with van der Waals surface area (Å²) < 4.78 is 5.92. The number of hydrogen-bond acceptors (Lipinski definition) is 5. The smallest absolute Gasteiger partial charge is 0.306 e. The zero-order valence-corrected chi connectivity index (χ0v) is 40.1. The normalized spacial score (nSPS) is 13.5. The zero-order chi connectivity index (χ0) is 43.8. The maximum Gasteiger partial charge on any atom is 0.306 e. The van der Waals surface area contributed by atoms with E-state index in [1.165, 1.54) is 148 Å². The number of ether oxygens (including phenoxy) is 1. The van der Waals surface area contributed by atoms with Gasteiger partial charge in [0.2, 0.25) is 5.91 Å². The molecular weight excluding hydrogens is 743 g/mol. The molecule has 0 aromatic carbocycles. The second-order valence-corrected chi connectivity index (χ2v) is 17.9. The lowest BCUT2D eigenvalue weighted by atomic mass is 10.0. The van der Waals surface area contributed by atoms with Crippen molar-refractivity contribution in [3.63, 3.8) is 0 Å². The molecular formula is C54H101NO5. The van der Waals surface area contributed by atoms with Gasteiger partial charge in [-0.2, -0.15) is 0 Å². The van der Waals surface area contributed by atoms with Crippen molar-refractivity contribution in [1.29, 1.82) is 0 Å². The van der Waals surface area contributed by atoms with Gasteiger partial charge < -0.3 is 20.3 Å². The third kappa shape index (κ3) is 42.8. The Labute approximate surface area is 373 Å². The van der Waals surface area contributed by atoms with Crippen LogP contribution in [0.1, 0.15) is 271 Å². The van der Waals surface area contributed by atoms with E-state index in [1.54, 1.807) is 0 Å². The van der Waals surface area contributed by atoms with E-state index in [2.05, 4.69) is 62.5 Å². The minimum absolute atomic E-state index is 0.0723. The van der Waals surface area contributed by atoms with Crippen LogP contribution >= 0.6 is 0 Å². The number of unbranched alkanes of at least 4 members (excludes halogenated alkanes) is 29. The summed E-state index contributed by atoms with van der Waals surface area (Å²) in [4.78, 5) is 26.1. The highest BCUT2D eigenvalue weighted by Crippen LogP contribution is 2.18. The molecule has 3 N–H and O–H groups in total. The standard InChI is InChI=1S/C54H101NO5/c1-4-7-10-13-16-19-22-25-27-28-31-34-37-40-43-46-52(57)51(49-56)55-53(58)48-50(45-42-39-36-33-30-24-21-18-15-12-9-6-3)60-54(59)47-44-41-38-35-32-29-26-23-20-17-14-11-8-5-2/h8,11,17,20,26,29,50-52,56-57H,4-7,9-10,12-16,18-19,21-25,27-28,30-49H2,1-3H3,(H,55,58)/b11-8+,20-17+,29-26+. The van der Waals surface area contributed by atoms with Crippen molar-refractivity contribution in [1.82, 2.24) is 5.32 Å². The number of amides is 1. The molecule has 60 heavy (non-hydrogen) atoms. The molecule has 6 heteroatoms. The molecule has 6 nitrogen and oxygen atoms in total. The van der Waals surface area contributed by atoms with E-state index < -0.39 is 18.2 Å². The van der Waals surface area contributed by atoms with E-state index in [1.807, 2.05) is 0 Å². The molecule has 0 radical (unpaired) electrons. The van der Waals surface area contributed by atoms with Gasteiger partial charge in [0, 0.05) is 6.42 Å². The summed E-state index contributed by atoms with van der Waals surface area (Å²) in [6, 6.07) is -0.702. The molecule has 0 aliphatic heterocycles. The third-order valence-corrected chi connectivity index (χ3v) is 12.0. The average Bonchev–Trinajstić information content (AvgIpc) is 3.24. The van der Waals surface area contributed by atoms with Crippen LogP contribution in [0.15, 0.2) is 36.5 Å². The molecule has 0 rings (SSSR count). The summed E-state index contributed by atoms with van der Waals surface area (Å²) in [5, 5.41) is 23.8. The van der Waals surface area contributed by atoms with Gasteiger partial charge in [0.15, 0.2) is 0 Å². The Morgan fingerprint density at radius 1 is 0.500 bits per heavy atom. The minimum atomic E-state index is -0.788. The number of carbonyl (C=O) groups is 2. The largest absolute Gasteiger partial charge is 0.462 e. The van der Waals surface area contributed by atoms with Crippen molar-refractivity contribution < 1.29 is 24.5 Å². The van der Waals surface area contributed by atoms with Gasteiger partial charge >= 0.3 is 5.97 Å². The lowest BCUT2D eigenvalue weighted by Gasteiger charge is -2.24. The molecule has 0 spiro atoms. The molecule has 0 aromatic rings. The first-order chi connectivity index (χ1) is 29.5. The van der Waals surface area contributed by atoms with Gasteiger partial charge in [-0.15, -0.1) is 0 Å². The summed E-state index contributed by atoms with van der Waals surface area (Å²) in [6.07, 6.45) is 56.3. The van der Waals surface area contributed by atoms with Crippen molar-refractivity contribution >= 4 is 11.9 Å². The van der Waals surface area contributed by atoms with Crippen LogP contribution in [0.2, 0.25) is 0 Å². The first-order valence-electron chi connectivity index (χ1n) is 26.2. The molecule has 0 heterocycles. The molecule has 3 atom stereocenters. The van der Waals surface area contributed by atoms with Crippen LogP contribution in [0.25, 0.3) is 0 Å². The first kappa shape index (κ1) is 58.1. The van der Waals surface area contributed by atoms with E-state index in [9.17, 15) is 19.8 Å². The summed E-state index contributed by atoms with van der Waals surface area (Å²) in [6.45, 7) is 6.38. The van der Waals surface area contributed by atoms with Gasteiger partial charge in [0.25, 0.3) is 0 Å². The Kier molecular flexibility index (Phi) is 46.6. The van der Waals surface area contributed by atoms with Crippen molar-refractivity contribution in [3.05, 3.63) is 36.5 Å².